The van der Waals surface area contributed by atoms with Gasteiger partial charge < -0.3 is 10.1 Å². The van der Waals surface area contributed by atoms with Gasteiger partial charge in [0.2, 0.25) is 0 Å². The van der Waals surface area contributed by atoms with Crippen LogP contribution in [0.5, 0.6) is 0 Å². The SMILES string of the molecule is O=C1NC(=NC2CC2)NC12COC2. The quantitative estimate of drug-likeness (QED) is 0.545. The highest BCUT2D eigenvalue weighted by Gasteiger charge is 2.51. The molecule has 0 radical (unpaired) electrons. The number of nitrogens with zero attached hydrogens (tertiary/aromatic N) is 1. The summed E-state index contributed by atoms with van der Waals surface area (Å²) in [6.45, 7) is 0.922. The Bertz CT molecular complexity index is 292. The van der Waals surface area contributed by atoms with Crippen molar-refractivity contribution in [3.63, 3.8) is 0 Å². The van der Waals surface area contributed by atoms with Crippen LogP contribution in [0.25, 0.3) is 0 Å². The van der Waals surface area contributed by atoms with E-state index in [0.29, 0.717) is 25.2 Å². The van der Waals surface area contributed by atoms with Gasteiger partial charge in [0.05, 0.1) is 19.3 Å². The second-order valence-corrected chi connectivity index (χ2v) is 3.86. The largest absolute Gasteiger partial charge is 0.375 e. The molecule has 0 atom stereocenters. The molecule has 1 amide bonds. The van der Waals surface area contributed by atoms with Crippen LogP contribution >= 0.6 is 0 Å². The van der Waals surface area contributed by atoms with E-state index in [4.69, 9.17) is 4.74 Å². The van der Waals surface area contributed by atoms with Gasteiger partial charge in [0, 0.05) is 0 Å². The topological polar surface area (TPSA) is 62.7 Å². The Morgan fingerprint density at radius 1 is 1.46 bits per heavy atom. The Morgan fingerprint density at radius 3 is 2.69 bits per heavy atom. The monoisotopic (exact) mass is 181 g/mol. The number of hydrogen-bond acceptors (Lipinski definition) is 3. The summed E-state index contributed by atoms with van der Waals surface area (Å²) < 4.78 is 5.02. The molecular weight excluding hydrogens is 170 g/mol. The van der Waals surface area contributed by atoms with Gasteiger partial charge in [-0.1, -0.05) is 0 Å². The highest BCUT2D eigenvalue weighted by atomic mass is 16.5. The normalized spacial score (nSPS) is 32.9. The van der Waals surface area contributed by atoms with Gasteiger partial charge in [-0.3, -0.25) is 10.1 Å². The van der Waals surface area contributed by atoms with E-state index in [9.17, 15) is 4.79 Å². The fourth-order valence-corrected chi connectivity index (χ4v) is 1.50. The fraction of sp³-hybridized carbons (Fsp3) is 0.750. The summed E-state index contributed by atoms with van der Waals surface area (Å²) in [5.41, 5.74) is -0.492. The maximum atomic E-state index is 11.5. The highest BCUT2D eigenvalue weighted by Crippen LogP contribution is 2.25. The second-order valence-electron chi connectivity index (χ2n) is 3.86. The number of ether oxygens (including phenoxy) is 1. The van der Waals surface area contributed by atoms with Crippen molar-refractivity contribution >= 4 is 11.9 Å². The lowest BCUT2D eigenvalue weighted by Gasteiger charge is -2.34. The predicted octanol–water partition coefficient (Wildman–Crippen LogP) is -1.01. The summed E-state index contributed by atoms with van der Waals surface area (Å²) in [5.74, 6) is 0.633. The van der Waals surface area contributed by atoms with Gasteiger partial charge in [-0.15, -0.1) is 0 Å². The molecular formula is C8H11N3O2. The van der Waals surface area contributed by atoms with E-state index in [1.54, 1.807) is 0 Å². The van der Waals surface area contributed by atoms with E-state index < -0.39 is 5.54 Å². The van der Waals surface area contributed by atoms with Crippen LogP contribution in [0.2, 0.25) is 0 Å². The molecule has 3 aliphatic rings. The molecule has 3 rings (SSSR count). The molecule has 0 unspecified atom stereocenters. The van der Waals surface area contributed by atoms with Crippen LogP contribution in [-0.4, -0.2) is 36.7 Å². The van der Waals surface area contributed by atoms with E-state index in [1.807, 2.05) is 0 Å². The number of carbonyl (C=O) groups is 1. The molecule has 0 bridgehead atoms. The number of hydrogen-bond donors (Lipinski definition) is 2. The molecule has 0 aromatic carbocycles. The zero-order valence-corrected chi connectivity index (χ0v) is 7.17. The summed E-state index contributed by atoms with van der Waals surface area (Å²) >= 11 is 0. The summed E-state index contributed by atoms with van der Waals surface area (Å²) in [6.07, 6.45) is 2.29. The molecule has 0 aromatic rings. The Hall–Kier alpha value is -1.10. The van der Waals surface area contributed by atoms with Crippen LogP contribution in [0.4, 0.5) is 0 Å². The molecule has 13 heavy (non-hydrogen) atoms. The molecule has 2 N–H and O–H groups in total. The number of aliphatic imine (C=N–C) groups is 1. The lowest BCUT2D eigenvalue weighted by Crippen LogP contribution is -2.62. The summed E-state index contributed by atoms with van der Waals surface area (Å²) in [7, 11) is 0. The molecule has 2 aliphatic heterocycles. The van der Waals surface area contributed by atoms with Crippen LogP contribution in [0, 0.1) is 0 Å². The molecule has 1 aliphatic carbocycles. The van der Waals surface area contributed by atoms with Crippen LogP contribution in [0.15, 0.2) is 4.99 Å². The lowest BCUT2D eigenvalue weighted by atomic mass is 9.99. The summed E-state index contributed by atoms with van der Waals surface area (Å²) in [4.78, 5) is 15.8. The molecule has 2 heterocycles. The molecule has 1 spiro atoms. The van der Waals surface area contributed by atoms with Crippen LogP contribution in [-0.2, 0) is 9.53 Å². The van der Waals surface area contributed by atoms with E-state index in [1.165, 1.54) is 0 Å². The molecule has 70 valence electrons. The van der Waals surface area contributed by atoms with Crippen molar-refractivity contribution in [3.8, 4) is 0 Å². The first kappa shape index (κ1) is 7.32. The summed E-state index contributed by atoms with van der Waals surface area (Å²) in [5, 5.41) is 5.83. The number of carbonyl (C=O) groups excluding carboxylic acids is 1. The zero-order chi connectivity index (χ0) is 8.89. The first-order valence-electron chi connectivity index (χ1n) is 4.54. The van der Waals surface area contributed by atoms with Crippen molar-refractivity contribution in [2.45, 2.75) is 24.4 Å². The van der Waals surface area contributed by atoms with E-state index in [0.717, 1.165) is 12.8 Å². The summed E-state index contributed by atoms with van der Waals surface area (Å²) in [6, 6.07) is 0.430. The van der Waals surface area contributed by atoms with Gasteiger partial charge in [0.25, 0.3) is 5.91 Å². The minimum absolute atomic E-state index is 0.00171. The Labute approximate surface area is 75.5 Å². The van der Waals surface area contributed by atoms with Crippen molar-refractivity contribution in [1.29, 1.82) is 0 Å². The number of rotatable bonds is 1. The Balaban J connectivity index is 1.78. The van der Waals surface area contributed by atoms with Gasteiger partial charge in [-0.25, -0.2) is 4.99 Å². The van der Waals surface area contributed by atoms with Crippen molar-refractivity contribution in [2.75, 3.05) is 13.2 Å². The van der Waals surface area contributed by atoms with Gasteiger partial charge in [-0.2, -0.15) is 0 Å². The van der Waals surface area contributed by atoms with E-state index >= 15 is 0 Å². The highest BCUT2D eigenvalue weighted by molar-refractivity contribution is 6.09. The lowest BCUT2D eigenvalue weighted by molar-refractivity contribution is -0.141. The third kappa shape index (κ3) is 1.03. The number of amides is 1. The van der Waals surface area contributed by atoms with Crippen LogP contribution in [0.3, 0.4) is 0 Å². The minimum atomic E-state index is -0.492. The van der Waals surface area contributed by atoms with Gasteiger partial charge in [-0.05, 0) is 12.8 Å². The molecule has 0 aromatic heterocycles. The van der Waals surface area contributed by atoms with Crippen LogP contribution < -0.4 is 10.6 Å². The fourth-order valence-electron chi connectivity index (χ4n) is 1.50. The van der Waals surface area contributed by atoms with Crippen molar-refractivity contribution in [1.82, 2.24) is 10.6 Å². The molecule has 5 nitrogen and oxygen atoms in total. The van der Waals surface area contributed by atoms with Gasteiger partial charge in [0.1, 0.15) is 0 Å². The van der Waals surface area contributed by atoms with Gasteiger partial charge in [0.15, 0.2) is 11.5 Å². The first-order valence-corrected chi connectivity index (χ1v) is 4.54. The molecule has 5 heteroatoms. The molecule has 2 saturated heterocycles. The minimum Gasteiger partial charge on any atom is -0.375 e. The second kappa shape index (κ2) is 2.23. The molecule has 1 saturated carbocycles. The van der Waals surface area contributed by atoms with E-state index in [-0.39, 0.29) is 5.91 Å². The van der Waals surface area contributed by atoms with Crippen molar-refractivity contribution in [2.24, 2.45) is 4.99 Å². The average molecular weight is 181 g/mol. The maximum absolute atomic E-state index is 11.5. The predicted molar refractivity (Wildman–Crippen MR) is 45.3 cm³/mol. The van der Waals surface area contributed by atoms with Crippen molar-refractivity contribution in [3.05, 3.63) is 0 Å². The van der Waals surface area contributed by atoms with Crippen molar-refractivity contribution < 1.29 is 9.53 Å². The third-order valence-corrected chi connectivity index (χ3v) is 2.58. The number of guanidine groups is 1. The first-order chi connectivity index (χ1) is 6.28. The Morgan fingerprint density at radius 2 is 2.23 bits per heavy atom. The maximum Gasteiger partial charge on any atom is 0.257 e. The Kier molecular flexibility index (Phi) is 1.25. The molecule has 3 fully saturated rings. The van der Waals surface area contributed by atoms with Crippen LogP contribution in [0.1, 0.15) is 12.8 Å². The zero-order valence-electron chi connectivity index (χ0n) is 7.17. The van der Waals surface area contributed by atoms with E-state index in [2.05, 4.69) is 15.6 Å². The standard InChI is InChI=1S/C8H11N3O2/c12-6-8(3-13-4-8)11-7(10-6)9-5-1-2-5/h5H,1-4H2,(H2,9,10,11,12). The number of nitrogens with one attached hydrogen (secondary N) is 2. The smallest absolute Gasteiger partial charge is 0.257 e. The third-order valence-electron chi connectivity index (χ3n) is 2.58. The average Bonchev–Trinajstić information content (AvgIpc) is 2.73. The van der Waals surface area contributed by atoms with Gasteiger partial charge >= 0.3 is 0 Å².